The molecule has 0 saturated heterocycles. The molecule has 0 bridgehead atoms. The van der Waals surface area contributed by atoms with Gasteiger partial charge in [0.05, 0.1) is 10.2 Å². The summed E-state index contributed by atoms with van der Waals surface area (Å²) in [6, 6.07) is 37.7. The van der Waals surface area contributed by atoms with Gasteiger partial charge in [-0.1, -0.05) is 120 Å². The fraction of sp³-hybridized carbons (Fsp3) is 0.0323. The second-order valence-electron chi connectivity index (χ2n) is 8.72. The van der Waals surface area contributed by atoms with Gasteiger partial charge in [0.15, 0.2) is 10.8 Å². The number of nitrogens with zero attached hydrogens (tertiary/aromatic N) is 3. The zero-order valence-corrected chi connectivity index (χ0v) is 23.5. The third-order valence-electron chi connectivity index (χ3n) is 6.23. The van der Waals surface area contributed by atoms with E-state index in [1.54, 1.807) is 5.38 Å². The van der Waals surface area contributed by atoms with Gasteiger partial charge in [-0.25, -0.2) is 9.97 Å². The summed E-state index contributed by atoms with van der Waals surface area (Å²) in [5.74, 6) is 0. The molecular weight excluding hydrogens is 557 g/mol. The number of hydrogen-bond donors (Lipinski definition) is 1. The van der Waals surface area contributed by atoms with Crippen molar-refractivity contribution in [1.29, 1.82) is 0 Å². The molecule has 0 atom stereocenters. The molecule has 40 heavy (non-hydrogen) atoms. The maximum atomic E-state index is 6.66. The maximum absolute atomic E-state index is 6.66. The van der Waals surface area contributed by atoms with Crippen LogP contribution in [0.15, 0.2) is 126 Å². The Morgan fingerprint density at radius 1 is 0.750 bits per heavy atom. The van der Waals surface area contributed by atoms with Gasteiger partial charge in [0.25, 0.3) is 5.19 Å². The SMILES string of the molecule is Nc1nc(/C(=N\OC(c2ccccc2)(c2ccccc2)c2ccccc2)C(=S)Oc2nc3ccccc3s2)cs1. The summed E-state index contributed by atoms with van der Waals surface area (Å²) in [4.78, 5) is 15.7. The average Bonchev–Trinajstić information content (AvgIpc) is 3.62. The Morgan fingerprint density at radius 2 is 1.30 bits per heavy atom. The van der Waals surface area contributed by atoms with E-state index in [0.29, 0.717) is 16.0 Å². The number of anilines is 1. The van der Waals surface area contributed by atoms with Crippen molar-refractivity contribution in [3.05, 3.63) is 143 Å². The molecule has 6 nitrogen and oxygen atoms in total. The monoisotopic (exact) mass is 578 g/mol. The zero-order chi connectivity index (χ0) is 27.4. The van der Waals surface area contributed by atoms with Crippen LogP contribution in [0.3, 0.4) is 0 Å². The van der Waals surface area contributed by atoms with Gasteiger partial charge < -0.3 is 15.3 Å². The zero-order valence-electron chi connectivity index (χ0n) is 21.0. The first-order valence-electron chi connectivity index (χ1n) is 12.4. The number of thiazole rings is 2. The van der Waals surface area contributed by atoms with Crippen LogP contribution < -0.4 is 10.5 Å². The molecule has 2 aromatic heterocycles. The van der Waals surface area contributed by atoms with Gasteiger partial charge >= 0.3 is 0 Å². The number of nitrogen functional groups attached to an aromatic ring is 1. The van der Waals surface area contributed by atoms with Crippen LogP contribution >= 0.6 is 34.9 Å². The predicted molar refractivity (Wildman–Crippen MR) is 166 cm³/mol. The summed E-state index contributed by atoms with van der Waals surface area (Å²) in [5.41, 5.74) is 9.11. The summed E-state index contributed by atoms with van der Waals surface area (Å²) in [7, 11) is 0. The molecular formula is C31H22N4O2S3. The summed E-state index contributed by atoms with van der Waals surface area (Å²) in [6.45, 7) is 0. The van der Waals surface area contributed by atoms with E-state index in [-0.39, 0.29) is 10.8 Å². The first kappa shape index (κ1) is 25.8. The summed E-state index contributed by atoms with van der Waals surface area (Å²) < 4.78 is 7.05. The number of nitrogens with two attached hydrogens (primary N) is 1. The third-order valence-corrected chi connectivity index (χ3v) is 8.09. The minimum atomic E-state index is -1.10. The van der Waals surface area contributed by atoms with Crippen molar-refractivity contribution in [3.8, 4) is 5.19 Å². The van der Waals surface area contributed by atoms with E-state index in [9.17, 15) is 0 Å². The lowest BCUT2D eigenvalue weighted by Crippen LogP contribution is -2.32. The third kappa shape index (κ3) is 5.10. The van der Waals surface area contributed by atoms with E-state index < -0.39 is 5.60 Å². The molecule has 0 amide bonds. The molecule has 6 aromatic rings. The predicted octanol–water partition coefficient (Wildman–Crippen LogP) is 7.45. The van der Waals surface area contributed by atoms with Crippen molar-refractivity contribution in [3.63, 3.8) is 0 Å². The summed E-state index contributed by atoms with van der Waals surface area (Å²) >= 11 is 8.43. The fourth-order valence-corrected chi connectivity index (χ4v) is 6.04. The molecule has 6 rings (SSSR count). The molecule has 9 heteroatoms. The van der Waals surface area contributed by atoms with Gasteiger partial charge in [0.2, 0.25) is 10.7 Å². The van der Waals surface area contributed by atoms with Crippen molar-refractivity contribution in [2.24, 2.45) is 5.16 Å². The van der Waals surface area contributed by atoms with Crippen molar-refractivity contribution in [1.82, 2.24) is 9.97 Å². The number of hydrogen-bond acceptors (Lipinski definition) is 9. The van der Waals surface area contributed by atoms with Crippen LogP contribution in [0.1, 0.15) is 22.4 Å². The van der Waals surface area contributed by atoms with Crippen LogP contribution in [-0.4, -0.2) is 20.7 Å². The first-order valence-corrected chi connectivity index (χ1v) is 14.5. The van der Waals surface area contributed by atoms with E-state index in [4.69, 9.17) is 27.5 Å². The molecule has 4 aromatic carbocycles. The van der Waals surface area contributed by atoms with Crippen molar-refractivity contribution < 1.29 is 9.57 Å². The van der Waals surface area contributed by atoms with Gasteiger partial charge in [-0.3, -0.25) is 0 Å². The quantitative estimate of drug-likeness (QED) is 0.0874. The van der Waals surface area contributed by atoms with Crippen LogP contribution in [-0.2, 0) is 10.4 Å². The van der Waals surface area contributed by atoms with E-state index in [0.717, 1.165) is 26.9 Å². The van der Waals surface area contributed by atoms with Crippen LogP contribution in [0.5, 0.6) is 5.19 Å². The molecule has 0 aliphatic carbocycles. The lowest BCUT2D eigenvalue weighted by atomic mass is 9.80. The molecule has 0 radical (unpaired) electrons. The number of oxime groups is 1. The van der Waals surface area contributed by atoms with Crippen molar-refractivity contribution in [2.75, 3.05) is 5.73 Å². The summed E-state index contributed by atoms with van der Waals surface area (Å²) in [5, 5.41) is 7.32. The molecule has 2 N–H and O–H groups in total. The van der Waals surface area contributed by atoms with Gasteiger partial charge in [0, 0.05) is 22.1 Å². The van der Waals surface area contributed by atoms with Crippen LogP contribution in [0.4, 0.5) is 5.13 Å². The smallest absolute Gasteiger partial charge is 0.280 e. The van der Waals surface area contributed by atoms with E-state index >= 15 is 0 Å². The lowest BCUT2D eigenvalue weighted by molar-refractivity contribution is 0.0176. The van der Waals surface area contributed by atoms with E-state index in [2.05, 4.69) is 15.1 Å². The molecule has 0 saturated carbocycles. The highest BCUT2D eigenvalue weighted by Crippen LogP contribution is 2.41. The highest BCUT2D eigenvalue weighted by atomic mass is 32.1. The minimum absolute atomic E-state index is 0.0763. The van der Waals surface area contributed by atoms with E-state index in [1.165, 1.54) is 22.7 Å². The fourth-order valence-electron chi connectivity index (χ4n) is 4.40. The number of benzene rings is 4. The number of para-hydroxylation sites is 1. The Kier molecular flexibility index (Phi) is 7.33. The average molecular weight is 579 g/mol. The van der Waals surface area contributed by atoms with Gasteiger partial charge in [-0.05, 0) is 24.4 Å². The molecule has 2 heterocycles. The van der Waals surface area contributed by atoms with E-state index in [1.807, 2.05) is 115 Å². The number of rotatable bonds is 8. The lowest BCUT2D eigenvalue weighted by Gasteiger charge is -2.33. The van der Waals surface area contributed by atoms with Crippen molar-refractivity contribution >= 4 is 61.0 Å². The Bertz CT molecular complexity index is 1660. The molecule has 0 aliphatic rings. The number of thiocarbonyl (C=S) groups is 1. The molecule has 0 spiro atoms. The Hall–Kier alpha value is -4.44. The van der Waals surface area contributed by atoms with Crippen LogP contribution in [0, 0.1) is 0 Å². The molecule has 0 aliphatic heterocycles. The molecule has 0 fully saturated rings. The molecule has 196 valence electrons. The Morgan fingerprint density at radius 3 is 1.82 bits per heavy atom. The summed E-state index contributed by atoms with van der Waals surface area (Å²) in [6.07, 6.45) is 0. The van der Waals surface area contributed by atoms with Gasteiger partial charge in [-0.2, -0.15) is 0 Å². The Labute approximate surface area is 244 Å². The first-order chi connectivity index (χ1) is 19.6. The normalized spacial score (nSPS) is 11.8. The standard InChI is InChI=1S/C31H22N4O2S3/c32-29-33-25(20-39-29)27(28(38)36-30-34-24-18-10-11-19-26(24)40-30)35-37-31(21-12-4-1-5-13-21,22-14-6-2-7-15-22)23-16-8-3-9-17-23/h1-20H,(H2,32,33)/b35-27+. The largest absolute Gasteiger partial charge is 0.416 e. The van der Waals surface area contributed by atoms with Gasteiger partial charge in [-0.15, -0.1) is 11.3 Å². The van der Waals surface area contributed by atoms with Crippen LogP contribution in [0.2, 0.25) is 0 Å². The van der Waals surface area contributed by atoms with Crippen molar-refractivity contribution in [2.45, 2.75) is 5.60 Å². The van der Waals surface area contributed by atoms with Crippen LogP contribution in [0.25, 0.3) is 10.2 Å². The highest BCUT2D eigenvalue weighted by molar-refractivity contribution is 7.81. The topological polar surface area (TPSA) is 82.6 Å². The molecule has 0 unspecified atom stereocenters. The minimum Gasteiger partial charge on any atom is -0.416 e. The highest BCUT2D eigenvalue weighted by Gasteiger charge is 2.40. The maximum Gasteiger partial charge on any atom is 0.280 e. The second kappa shape index (κ2) is 11.4. The Balaban J connectivity index is 1.48. The number of aromatic nitrogens is 2. The second-order valence-corrected chi connectivity index (χ2v) is 11.0. The number of ether oxygens (including phenoxy) is 1. The number of fused-ring (bicyclic) bond motifs is 1. The van der Waals surface area contributed by atoms with Gasteiger partial charge in [0.1, 0.15) is 5.69 Å².